The molecule has 4 heteroatoms. The van der Waals surface area contributed by atoms with Crippen LogP contribution < -0.4 is 5.32 Å². The summed E-state index contributed by atoms with van der Waals surface area (Å²) >= 11 is 8.40. The molecule has 0 saturated carbocycles. The minimum atomic E-state index is -0.135. The summed E-state index contributed by atoms with van der Waals surface area (Å²) in [4.78, 5) is 0. The number of hydrogen-bond donors (Lipinski definition) is 1. The van der Waals surface area contributed by atoms with Gasteiger partial charge < -0.3 is 5.32 Å². The number of hydrogen-bond acceptors (Lipinski definition) is 1. The van der Waals surface area contributed by atoms with Gasteiger partial charge in [0.05, 0.1) is 6.04 Å². The zero-order valence-corrected chi connectivity index (χ0v) is 14.5. The molecule has 106 valence electrons. The first-order chi connectivity index (χ1) is 9.43. The van der Waals surface area contributed by atoms with Crippen molar-refractivity contribution in [2.75, 3.05) is 7.05 Å². The summed E-state index contributed by atoms with van der Waals surface area (Å²) in [5.41, 5.74) is 3.48. The molecule has 0 aromatic heterocycles. The fourth-order valence-corrected chi connectivity index (χ4v) is 3.21. The molecule has 2 rings (SSSR count). The molecular weight excluding hydrogens is 388 g/mol. The maximum absolute atomic E-state index is 13.8. The van der Waals surface area contributed by atoms with Gasteiger partial charge in [-0.3, -0.25) is 0 Å². The molecule has 0 fully saturated rings. The summed E-state index contributed by atoms with van der Waals surface area (Å²) in [6.07, 6.45) is 0. The van der Waals surface area contributed by atoms with Gasteiger partial charge in [0.15, 0.2) is 0 Å². The van der Waals surface area contributed by atoms with Crippen molar-refractivity contribution in [1.29, 1.82) is 0 Å². The summed E-state index contributed by atoms with van der Waals surface area (Å²) < 4.78 is 14.9. The third kappa shape index (κ3) is 3.15. The van der Waals surface area contributed by atoms with Crippen LogP contribution in [0.2, 0.25) is 5.02 Å². The number of aryl methyl sites for hydroxylation is 2. The van der Waals surface area contributed by atoms with Gasteiger partial charge in [-0.15, -0.1) is 0 Å². The summed E-state index contributed by atoms with van der Waals surface area (Å²) in [5.74, 6) is -0.135. The van der Waals surface area contributed by atoms with Gasteiger partial charge in [-0.25, -0.2) is 4.39 Å². The van der Waals surface area contributed by atoms with Crippen LogP contribution in [0.4, 0.5) is 4.39 Å². The molecule has 0 aliphatic heterocycles. The van der Waals surface area contributed by atoms with Crippen molar-refractivity contribution in [3.05, 3.63) is 67.0 Å². The molecule has 0 aliphatic rings. The molecule has 1 unspecified atom stereocenters. The van der Waals surface area contributed by atoms with E-state index in [0.29, 0.717) is 16.1 Å². The summed E-state index contributed by atoms with van der Waals surface area (Å²) in [6, 6.07) is 9.60. The Morgan fingerprint density at radius 3 is 2.30 bits per heavy atom. The molecule has 20 heavy (non-hydrogen) atoms. The van der Waals surface area contributed by atoms with Crippen LogP contribution in [0.15, 0.2) is 30.3 Å². The number of nitrogens with one attached hydrogen (secondary N) is 1. The van der Waals surface area contributed by atoms with Gasteiger partial charge in [0, 0.05) is 8.59 Å². The van der Waals surface area contributed by atoms with E-state index >= 15 is 0 Å². The van der Waals surface area contributed by atoms with Gasteiger partial charge in [-0.1, -0.05) is 23.7 Å². The molecule has 0 bridgehead atoms. The molecule has 2 aromatic carbocycles. The van der Waals surface area contributed by atoms with Crippen LogP contribution in [0.25, 0.3) is 0 Å². The third-order valence-corrected chi connectivity index (χ3v) is 4.57. The van der Waals surface area contributed by atoms with Crippen LogP contribution in [-0.4, -0.2) is 7.05 Å². The Labute approximate surface area is 137 Å². The molecule has 1 atom stereocenters. The van der Waals surface area contributed by atoms with Crippen molar-refractivity contribution in [1.82, 2.24) is 5.32 Å². The van der Waals surface area contributed by atoms with Gasteiger partial charge in [0.1, 0.15) is 5.82 Å². The third-order valence-electron chi connectivity index (χ3n) is 3.35. The number of benzene rings is 2. The zero-order chi connectivity index (χ0) is 14.9. The monoisotopic (exact) mass is 403 g/mol. The quantitative estimate of drug-likeness (QED) is 0.711. The second-order valence-electron chi connectivity index (χ2n) is 4.86. The van der Waals surface area contributed by atoms with E-state index in [0.717, 1.165) is 14.7 Å². The maximum atomic E-state index is 13.8. The van der Waals surface area contributed by atoms with Crippen LogP contribution in [0.1, 0.15) is 28.3 Å². The maximum Gasteiger partial charge on any atom is 0.129 e. The Morgan fingerprint density at radius 1 is 1.15 bits per heavy atom. The highest BCUT2D eigenvalue weighted by Gasteiger charge is 2.17. The van der Waals surface area contributed by atoms with Crippen molar-refractivity contribution in [2.45, 2.75) is 19.9 Å². The predicted octanol–water partition coefficient (Wildman–Crippen LogP) is 5.01. The minimum absolute atomic E-state index is 0.00130. The molecule has 1 N–H and O–H groups in total. The van der Waals surface area contributed by atoms with Crippen LogP contribution in [0.5, 0.6) is 0 Å². The van der Waals surface area contributed by atoms with E-state index in [-0.39, 0.29) is 11.9 Å². The zero-order valence-electron chi connectivity index (χ0n) is 11.6. The molecule has 0 saturated heterocycles. The first kappa shape index (κ1) is 15.7. The highest BCUT2D eigenvalue weighted by molar-refractivity contribution is 14.1. The van der Waals surface area contributed by atoms with Gasteiger partial charge in [-0.2, -0.15) is 0 Å². The van der Waals surface area contributed by atoms with Crippen molar-refractivity contribution < 1.29 is 4.39 Å². The van der Waals surface area contributed by atoms with E-state index in [2.05, 4.69) is 27.9 Å². The van der Waals surface area contributed by atoms with Crippen LogP contribution in [0.3, 0.4) is 0 Å². The molecule has 0 amide bonds. The lowest BCUT2D eigenvalue weighted by atomic mass is 9.95. The Morgan fingerprint density at radius 2 is 1.75 bits per heavy atom. The molecule has 0 radical (unpaired) electrons. The van der Waals surface area contributed by atoms with Crippen LogP contribution in [-0.2, 0) is 0 Å². The molecule has 2 aromatic rings. The van der Waals surface area contributed by atoms with Crippen molar-refractivity contribution in [2.24, 2.45) is 0 Å². The van der Waals surface area contributed by atoms with E-state index < -0.39 is 0 Å². The Hall–Kier alpha value is -0.650. The normalized spacial score (nSPS) is 12.5. The first-order valence-corrected chi connectivity index (χ1v) is 7.78. The van der Waals surface area contributed by atoms with E-state index in [4.69, 9.17) is 11.6 Å². The fraction of sp³-hybridized carbons (Fsp3) is 0.250. The molecule has 0 aliphatic carbocycles. The van der Waals surface area contributed by atoms with E-state index in [1.54, 1.807) is 13.8 Å². The van der Waals surface area contributed by atoms with Crippen molar-refractivity contribution >= 4 is 34.2 Å². The average Bonchev–Trinajstić information content (AvgIpc) is 2.40. The predicted molar refractivity (Wildman–Crippen MR) is 90.9 cm³/mol. The minimum Gasteiger partial charge on any atom is -0.309 e. The van der Waals surface area contributed by atoms with Gasteiger partial charge in [0.25, 0.3) is 0 Å². The smallest absolute Gasteiger partial charge is 0.129 e. The van der Waals surface area contributed by atoms with E-state index in [9.17, 15) is 4.39 Å². The Bertz CT molecular complexity index is 619. The fourth-order valence-electron chi connectivity index (χ4n) is 2.38. The SMILES string of the molecule is CNC(c1cc(C)c(F)c(C)c1)c1cc(Cl)ccc1I. The number of rotatable bonds is 3. The molecular formula is C16H16ClFIN. The van der Waals surface area contributed by atoms with Gasteiger partial charge in [-0.05, 0) is 83.9 Å². The van der Waals surface area contributed by atoms with Crippen molar-refractivity contribution in [3.8, 4) is 0 Å². The number of halogens is 3. The largest absolute Gasteiger partial charge is 0.309 e. The average molecular weight is 404 g/mol. The summed E-state index contributed by atoms with van der Waals surface area (Å²) in [6.45, 7) is 3.59. The van der Waals surface area contributed by atoms with Gasteiger partial charge >= 0.3 is 0 Å². The molecule has 1 nitrogen and oxygen atoms in total. The lowest BCUT2D eigenvalue weighted by Crippen LogP contribution is -2.19. The lowest BCUT2D eigenvalue weighted by Gasteiger charge is -2.20. The molecule has 0 spiro atoms. The first-order valence-electron chi connectivity index (χ1n) is 6.33. The Kier molecular flexibility index (Phi) is 5.04. The molecule has 0 heterocycles. The second kappa shape index (κ2) is 6.41. The highest BCUT2D eigenvalue weighted by atomic mass is 127. The topological polar surface area (TPSA) is 12.0 Å². The Balaban J connectivity index is 2.55. The van der Waals surface area contributed by atoms with Crippen molar-refractivity contribution in [3.63, 3.8) is 0 Å². The lowest BCUT2D eigenvalue weighted by molar-refractivity contribution is 0.604. The van der Waals surface area contributed by atoms with Crippen LogP contribution in [0, 0.1) is 23.2 Å². The standard InChI is InChI=1S/C16H16ClFIN/c1-9-6-11(7-10(2)15(9)18)16(20-3)13-8-12(17)4-5-14(13)19/h4-8,16,20H,1-3H3. The van der Waals surface area contributed by atoms with E-state index in [1.807, 2.05) is 37.4 Å². The summed E-state index contributed by atoms with van der Waals surface area (Å²) in [5, 5.41) is 4.00. The highest BCUT2D eigenvalue weighted by Crippen LogP contribution is 2.30. The van der Waals surface area contributed by atoms with E-state index in [1.165, 1.54) is 0 Å². The summed E-state index contributed by atoms with van der Waals surface area (Å²) in [7, 11) is 1.90. The van der Waals surface area contributed by atoms with Gasteiger partial charge in [0.2, 0.25) is 0 Å². The second-order valence-corrected chi connectivity index (χ2v) is 6.45. The van der Waals surface area contributed by atoms with Crippen LogP contribution >= 0.6 is 34.2 Å².